The van der Waals surface area contributed by atoms with Crippen LogP contribution in [-0.4, -0.2) is 11.8 Å². The number of nitrogens with two attached hydrogens (primary N) is 1. The number of carbonyl (C=O) groups excluding carboxylic acids is 2. The van der Waals surface area contributed by atoms with E-state index in [0.29, 0.717) is 22.4 Å². The van der Waals surface area contributed by atoms with Crippen LogP contribution in [0, 0.1) is 20.8 Å². The molecule has 0 unspecified atom stereocenters. The molecule has 0 fully saturated rings. The SMILES string of the molecule is Cc1ccc(C)c(C(=O)Nc2cccc(C(N)=O)c2C)c1. The zero-order chi connectivity index (χ0) is 15.6. The van der Waals surface area contributed by atoms with Crippen molar-refractivity contribution in [2.24, 2.45) is 5.73 Å². The van der Waals surface area contributed by atoms with Crippen LogP contribution in [0.2, 0.25) is 0 Å². The number of hydrogen-bond acceptors (Lipinski definition) is 2. The summed E-state index contributed by atoms with van der Waals surface area (Å²) in [7, 11) is 0. The summed E-state index contributed by atoms with van der Waals surface area (Å²) in [5.41, 5.74) is 9.54. The Labute approximate surface area is 124 Å². The van der Waals surface area contributed by atoms with Gasteiger partial charge in [0.2, 0.25) is 5.91 Å². The summed E-state index contributed by atoms with van der Waals surface area (Å²) >= 11 is 0. The number of amides is 2. The molecule has 0 aliphatic carbocycles. The van der Waals surface area contributed by atoms with Crippen LogP contribution in [0.4, 0.5) is 5.69 Å². The highest BCUT2D eigenvalue weighted by atomic mass is 16.2. The van der Waals surface area contributed by atoms with E-state index in [2.05, 4.69) is 5.32 Å². The third kappa shape index (κ3) is 3.11. The summed E-state index contributed by atoms with van der Waals surface area (Å²) in [6.45, 7) is 5.59. The molecule has 0 aromatic heterocycles. The third-order valence-corrected chi connectivity index (χ3v) is 3.49. The standard InChI is InChI=1S/C17H18N2O2/c1-10-7-8-11(2)14(9-10)17(21)19-15-6-4-5-13(12(15)3)16(18)20/h4-9H,1-3H3,(H2,18,20)(H,19,21). The average Bonchev–Trinajstić information content (AvgIpc) is 2.43. The molecule has 2 amide bonds. The van der Waals surface area contributed by atoms with E-state index in [4.69, 9.17) is 5.73 Å². The van der Waals surface area contributed by atoms with Gasteiger partial charge in [-0.1, -0.05) is 23.8 Å². The highest BCUT2D eigenvalue weighted by Crippen LogP contribution is 2.20. The molecule has 2 aromatic rings. The lowest BCUT2D eigenvalue weighted by molar-refractivity contribution is 0.0995. The van der Waals surface area contributed by atoms with E-state index in [1.54, 1.807) is 25.1 Å². The average molecular weight is 282 g/mol. The van der Waals surface area contributed by atoms with Gasteiger partial charge in [0.25, 0.3) is 5.91 Å². The van der Waals surface area contributed by atoms with Gasteiger partial charge in [-0.05, 0) is 50.1 Å². The van der Waals surface area contributed by atoms with Crippen molar-refractivity contribution in [2.75, 3.05) is 5.32 Å². The van der Waals surface area contributed by atoms with Gasteiger partial charge in [-0.3, -0.25) is 9.59 Å². The molecule has 4 heteroatoms. The maximum absolute atomic E-state index is 12.4. The molecule has 2 rings (SSSR count). The number of aryl methyl sites for hydroxylation is 2. The van der Waals surface area contributed by atoms with E-state index in [9.17, 15) is 9.59 Å². The van der Waals surface area contributed by atoms with Crippen LogP contribution < -0.4 is 11.1 Å². The van der Waals surface area contributed by atoms with Crippen molar-refractivity contribution in [3.63, 3.8) is 0 Å². The number of nitrogens with one attached hydrogen (secondary N) is 1. The Balaban J connectivity index is 2.34. The topological polar surface area (TPSA) is 72.2 Å². The highest BCUT2D eigenvalue weighted by molar-refractivity contribution is 6.06. The Morgan fingerprint density at radius 3 is 2.38 bits per heavy atom. The summed E-state index contributed by atoms with van der Waals surface area (Å²) in [5.74, 6) is -0.698. The predicted molar refractivity (Wildman–Crippen MR) is 83.6 cm³/mol. The number of anilines is 1. The summed E-state index contributed by atoms with van der Waals surface area (Å²) < 4.78 is 0. The molecular weight excluding hydrogens is 264 g/mol. The second-order valence-electron chi connectivity index (χ2n) is 5.11. The van der Waals surface area contributed by atoms with Gasteiger partial charge in [-0.15, -0.1) is 0 Å². The molecule has 0 atom stereocenters. The molecular formula is C17H18N2O2. The van der Waals surface area contributed by atoms with Gasteiger partial charge < -0.3 is 11.1 Å². The Morgan fingerprint density at radius 1 is 1.00 bits per heavy atom. The first-order valence-electron chi connectivity index (χ1n) is 6.68. The van der Waals surface area contributed by atoms with Crippen molar-refractivity contribution in [1.29, 1.82) is 0 Å². The second kappa shape index (κ2) is 5.79. The molecule has 21 heavy (non-hydrogen) atoms. The van der Waals surface area contributed by atoms with E-state index in [0.717, 1.165) is 11.1 Å². The number of rotatable bonds is 3. The second-order valence-corrected chi connectivity index (χ2v) is 5.11. The highest BCUT2D eigenvalue weighted by Gasteiger charge is 2.13. The first-order chi connectivity index (χ1) is 9.90. The van der Waals surface area contributed by atoms with E-state index in [1.165, 1.54) is 0 Å². The molecule has 0 heterocycles. The molecule has 0 saturated heterocycles. The molecule has 2 aromatic carbocycles. The Morgan fingerprint density at radius 2 is 1.71 bits per heavy atom. The van der Waals surface area contributed by atoms with Gasteiger partial charge >= 0.3 is 0 Å². The summed E-state index contributed by atoms with van der Waals surface area (Å²) in [6, 6.07) is 10.8. The van der Waals surface area contributed by atoms with Gasteiger partial charge in [0.05, 0.1) is 0 Å². The minimum atomic E-state index is -0.504. The van der Waals surface area contributed by atoms with Crippen molar-refractivity contribution >= 4 is 17.5 Å². The van der Waals surface area contributed by atoms with Crippen molar-refractivity contribution in [2.45, 2.75) is 20.8 Å². The fourth-order valence-corrected chi connectivity index (χ4v) is 2.21. The fourth-order valence-electron chi connectivity index (χ4n) is 2.21. The molecule has 0 bridgehead atoms. The normalized spacial score (nSPS) is 10.2. The Kier molecular flexibility index (Phi) is 4.08. The van der Waals surface area contributed by atoms with Crippen molar-refractivity contribution < 1.29 is 9.59 Å². The van der Waals surface area contributed by atoms with Gasteiger partial charge in [0.15, 0.2) is 0 Å². The minimum absolute atomic E-state index is 0.194. The zero-order valence-corrected chi connectivity index (χ0v) is 12.4. The summed E-state index contributed by atoms with van der Waals surface area (Å²) in [5, 5.41) is 2.84. The maximum Gasteiger partial charge on any atom is 0.255 e. The predicted octanol–water partition coefficient (Wildman–Crippen LogP) is 2.96. The number of benzene rings is 2. The zero-order valence-electron chi connectivity index (χ0n) is 12.4. The molecule has 3 N–H and O–H groups in total. The molecule has 0 aliphatic heterocycles. The van der Waals surface area contributed by atoms with Gasteiger partial charge in [-0.25, -0.2) is 0 Å². The van der Waals surface area contributed by atoms with Crippen LogP contribution in [0.25, 0.3) is 0 Å². The summed E-state index contributed by atoms with van der Waals surface area (Å²) in [4.78, 5) is 23.7. The largest absolute Gasteiger partial charge is 0.366 e. The Hall–Kier alpha value is -2.62. The van der Waals surface area contributed by atoms with Crippen LogP contribution in [-0.2, 0) is 0 Å². The molecule has 0 spiro atoms. The van der Waals surface area contributed by atoms with Crippen LogP contribution in [0.5, 0.6) is 0 Å². The van der Waals surface area contributed by atoms with E-state index in [1.807, 2.05) is 32.0 Å². The van der Waals surface area contributed by atoms with Gasteiger partial charge in [0, 0.05) is 16.8 Å². The van der Waals surface area contributed by atoms with Crippen LogP contribution in [0.3, 0.4) is 0 Å². The van der Waals surface area contributed by atoms with Gasteiger partial charge in [0.1, 0.15) is 0 Å². The van der Waals surface area contributed by atoms with Crippen LogP contribution in [0.1, 0.15) is 37.4 Å². The maximum atomic E-state index is 12.4. The van der Waals surface area contributed by atoms with Gasteiger partial charge in [-0.2, -0.15) is 0 Å². The lowest BCUT2D eigenvalue weighted by Gasteiger charge is -2.12. The number of hydrogen-bond donors (Lipinski definition) is 2. The van der Waals surface area contributed by atoms with Crippen LogP contribution >= 0.6 is 0 Å². The smallest absolute Gasteiger partial charge is 0.255 e. The molecule has 0 saturated carbocycles. The Bertz CT molecular complexity index is 721. The van der Waals surface area contributed by atoms with Crippen molar-refractivity contribution in [1.82, 2.24) is 0 Å². The molecule has 0 radical (unpaired) electrons. The van der Waals surface area contributed by atoms with Crippen molar-refractivity contribution in [3.05, 3.63) is 64.2 Å². The quantitative estimate of drug-likeness (QED) is 0.908. The van der Waals surface area contributed by atoms with Crippen LogP contribution in [0.15, 0.2) is 36.4 Å². The van der Waals surface area contributed by atoms with E-state index in [-0.39, 0.29) is 5.91 Å². The molecule has 4 nitrogen and oxygen atoms in total. The minimum Gasteiger partial charge on any atom is -0.366 e. The monoisotopic (exact) mass is 282 g/mol. The first kappa shape index (κ1) is 14.8. The van der Waals surface area contributed by atoms with Crippen molar-refractivity contribution in [3.8, 4) is 0 Å². The molecule has 108 valence electrons. The lowest BCUT2D eigenvalue weighted by Crippen LogP contribution is -2.17. The van der Waals surface area contributed by atoms with E-state index < -0.39 is 5.91 Å². The van der Waals surface area contributed by atoms with E-state index >= 15 is 0 Å². The lowest BCUT2D eigenvalue weighted by atomic mass is 10.0. The fraction of sp³-hybridized carbons (Fsp3) is 0.176. The first-order valence-corrected chi connectivity index (χ1v) is 6.68. The summed E-state index contributed by atoms with van der Waals surface area (Å²) in [6.07, 6.45) is 0. The number of carbonyl (C=O) groups is 2. The third-order valence-electron chi connectivity index (χ3n) is 3.49. The number of primary amides is 1. The molecule has 0 aliphatic rings.